The molecule has 0 saturated heterocycles. The van der Waals surface area contributed by atoms with Crippen LogP contribution in [0.3, 0.4) is 0 Å². The Balaban J connectivity index is 0.947. The van der Waals surface area contributed by atoms with E-state index >= 15 is 0 Å². The molecule has 0 amide bonds. The second kappa shape index (κ2) is 17.3. The Morgan fingerprint density at radius 1 is 0.486 bits per heavy atom. The number of rotatable bonds is 8. The molecule has 9 aromatic carbocycles. The zero-order chi connectivity index (χ0) is 50.3. The maximum absolute atomic E-state index is 6.94. The van der Waals surface area contributed by atoms with E-state index in [-0.39, 0.29) is 10.8 Å². The quantitative estimate of drug-likeness (QED) is 0.0864. The van der Waals surface area contributed by atoms with E-state index in [0.29, 0.717) is 0 Å². The summed E-state index contributed by atoms with van der Waals surface area (Å²) in [5.74, 6) is 2.45. The zero-order valence-electron chi connectivity index (χ0n) is 42.6. The molecule has 0 bridgehead atoms. The molecule has 0 fully saturated rings. The van der Waals surface area contributed by atoms with E-state index < -0.39 is 8.07 Å². The third-order valence-corrected chi connectivity index (χ3v) is 20.0. The summed E-state index contributed by atoms with van der Waals surface area (Å²) in [7, 11) is -2.95. The first-order chi connectivity index (χ1) is 36.0. The van der Waals surface area contributed by atoms with Crippen LogP contribution in [0.2, 0.25) is 0 Å². The molecule has 5 nitrogen and oxygen atoms in total. The molecule has 0 atom stereocenters. The Morgan fingerprint density at radius 3 is 1.72 bits per heavy atom. The second-order valence-corrected chi connectivity index (χ2v) is 25.5. The van der Waals surface area contributed by atoms with Gasteiger partial charge in [0.1, 0.15) is 17.3 Å². The van der Waals surface area contributed by atoms with Gasteiger partial charge in [0, 0.05) is 23.0 Å². The third-order valence-electron chi connectivity index (χ3n) is 15.2. The van der Waals surface area contributed by atoms with Crippen molar-refractivity contribution in [1.29, 1.82) is 0 Å². The Bertz CT molecular complexity index is 3990. The van der Waals surface area contributed by atoms with Gasteiger partial charge in [0.05, 0.1) is 33.4 Å². The molecular formula is C68H56N4OSi. The fourth-order valence-corrected chi connectivity index (χ4v) is 16.6. The summed E-state index contributed by atoms with van der Waals surface area (Å²) >= 11 is 0. The van der Waals surface area contributed by atoms with Crippen molar-refractivity contribution in [3.8, 4) is 50.9 Å². The molecular weight excluding hydrogens is 917 g/mol. The first kappa shape index (κ1) is 45.3. The average Bonchev–Trinajstić information content (AvgIpc) is 3.98. The lowest BCUT2D eigenvalue weighted by Crippen LogP contribution is -2.76. The summed E-state index contributed by atoms with van der Waals surface area (Å²) in [6.07, 6.45) is 5.78. The van der Waals surface area contributed by atoms with Crippen molar-refractivity contribution in [2.75, 3.05) is 0 Å². The van der Waals surface area contributed by atoms with Crippen LogP contribution in [0.5, 0.6) is 11.5 Å². The first-order valence-corrected chi connectivity index (χ1v) is 27.7. The van der Waals surface area contributed by atoms with E-state index in [1.807, 2.05) is 12.3 Å². The number of fused-ring (bicyclic) bond motifs is 6. The van der Waals surface area contributed by atoms with Gasteiger partial charge in [-0.25, -0.2) is 4.98 Å². The second-order valence-electron chi connectivity index (χ2n) is 21.8. The number of nitrogens with zero attached hydrogens (tertiary/aromatic N) is 4. The monoisotopic (exact) mass is 972 g/mol. The minimum Gasteiger partial charge on any atom is -0.458 e. The van der Waals surface area contributed by atoms with Crippen LogP contribution in [0, 0.1) is 6.33 Å². The number of pyridine rings is 1. The zero-order valence-corrected chi connectivity index (χ0v) is 43.6. The number of hydrogen-bond acceptors (Lipinski definition) is 2. The molecule has 74 heavy (non-hydrogen) atoms. The summed E-state index contributed by atoms with van der Waals surface area (Å²) in [6, 6.07) is 81.8. The Hall–Kier alpha value is -8.58. The molecule has 12 aromatic rings. The van der Waals surface area contributed by atoms with E-state index in [2.05, 4.69) is 280 Å². The topological polar surface area (TPSA) is 35.9 Å². The normalized spacial score (nSPS) is 13.1. The molecule has 0 N–H and O–H groups in total. The molecule has 6 heteroatoms. The molecule has 0 aliphatic carbocycles. The molecule has 0 radical (unpaired) electrons. The van der Waals surface area contributed by atoms with Crippen molar-refractivity contribution >= 4 is 61.7 Å². The van der Waals surface area contributed by atoms with Crippen LogP contribution in [-0.2, 0) is 10.8 Å². The van der Waals surface area contributed by atoms with E-state index in [1.165, 1.54) is 48.2 Å². The van der Waals surface area contributed by atoms with Crippen molar-refractivity contribution in [2.24, 2.45) is 0 Å². The average molecular weight is 973 g/mol. The van der Waals surface area contributed by atoms with Crippen molar-refractivity contribution in [3.63, 3.8) is 0 Å². The summed E-state index contributed by atoms with van der Waals surface area (Å²) in [5, 5.41) is 7.73. The van der Waals surface area contributed by atoms with E-state index in [4.69, 9.17) is 9.72 Å². The van der Waals surface area contributed by atoms with Crippen LogP contribution in [0.1, 0.15) is 52.7 Å². The molecule has 358 valence electrons. The molecule has 0 spiro atoms. The van der Waals surface area contributed by atoms with Crippen molar-refractivity contribution in [1.82, 2.24) is 14.1 Å². The first-order valence-electron chi connectivity index (χ1n) is 25.7. The highest BCUT2D eigenvalue weighted by molar-refractivity contribution is 7.21. The van der Waals surface area contributed by atoms with Gasteiger partial charge in [0.2, 0.25) is 0 Å². The van der Waals surface area contributed by atoms with Crippen LogP contribution < -0.4 is 30.1 Å². The van der Waals surface area contributed by atoms with Crippen molar-refractivity contribution in [2.45, 2.75) is 52.4 Å². The lowest BCUT2D eigenvalue weighted by atomic mass is 9.87. The van der Waals surface area contributed by atoms with Gasteiger partial charge in [-0.3, -0.25) is 13.7 Å². The van der Waals surface area contributed by atoms with Gasteiger partial charge in [-0.05, 0) is 101 Å². The van der Waals surface area contributed by atoms with Crippen LogP contribution >= 0.6 is 0 Å². The fourth-order valence-electron chi connectivity index (χ4n) is 11.6. The molecule has 4 heterocycles. The molecule has 1 aliphatic heterocycles. The summed E-state index contributed by atoms with van der Waals surface area (Å²) in [4.78, 5) is 5.33. The smallest absolute Gasteiger partial charge is 0.269 e. The van der Waals surface area contributed by atoms with Gasteiger partial charge in [-0.1, -0.05) is 224 Å². The standard InChI is InChI=1S/C68H56N4OSi/c1-67(2,3)48-32-37-53(38-33-48)74(54-39-34-49(35-40-54)68(4,5)6)62-30-17-27-58-57-41-36-52(44-61(57)72(65(58)62)66-63(74)31-18-42-69-66)73-51-24-15-23-50(43-51)70-45-71(60-29-14-13-28-59(60)70)64-55(46-19-9-7-10-20-46)25-16-26-56(64)47-21-11-8-12-22-47/h7-44H,1-6H3. The van der Waals surface area contributed by atoms with Crippen LogP contribution in [0.4, 0.5) is 0 Å². The van der Waals surface area contributed by atoms with Crippen molar-refractivity contribution < 1.29 is 9.30 Å². The molecule has 1 aliphatic rings. The van der Waals surface area contributed by atoms with Gasteiger partial charge in [-0.15, -0.1) is 0 Å². The molecule has 13 rings (SSSR count). The number of benzene rings is 9. The maximum atomic E-state index is 6.94. The predicted molar refractivity (Wildman–Crippen MR) is 308 cm³/mol. The minimum atomic E-state index is -2.95. The Morgan fingerprint density at radius 2 is 1.07 bits per heavy atom. The van der Waals surface area contributed by atoms with Gasteiger partial charge >= 0.3 is 0 Å². The van der Waals surface area contributed by atoms with Crippen LogP contribution in [-0.4, -0.2) is 22.2 Å². The minimum absolute atomic E-state index is 0.0294. The molecule has 3 aromatic heterocycles. The number of aromatic nitrogens is 4. The highest BCUT2D eigenvalue weighted by Gasteiger charge is 2.48. The lowest BCUT2D eigenvalue weighted by Gasteiger charge is -2.39. The molecule has 0 saturated carbocycles. The Labute approximate surface area is 434 Å². The molecule has 0 unspecified atom stereocenters. The van der Waals surface area contributed by atoms with Crippen molar-refractivity contribution in [3.05, 3.63) is 248 Å². The predicted octanol–water partition coefficient (Wildman–Crippen LogP) is 13.6. The van der Waals surface area contributed by atoms with Gasteiger partial charge in [0.15, 0.2) is 8.07 Å². The highest BCUT2D eigenvalue weighted by Crippen LogP contribution is 2.39. The number of para-hydroxylation sites is 4. The van der Waals surface area contributed by atoms with Gasteiger partial charge in [-0.2, -0.15) is 0 Å². The highest BCUT2D eigenvalue weighted by atomic mass is 28.3. The maximum Gasteiger partial charge on any atom is 0.269 e. The largest absolute Gasteiger partial charge is 0.458 e. The van der Waals surface area contributed by atoms with E-state index in [1.54, 1.807) is 0 Å². The van der Waals surface area contributed by atoms with Crippen LogP contribution in [0.25, 0.3) is 72.3 Å². The number of ether oxygens (including phenoxy) is 1. The van der Waals surface area contributed by atoms with Gasteiger partial charge in [0.25, 0.3) is 6.33 Å². The van der Waals surface area contributed by atoms with E-state index in [0.717, 1.165) is 67.5 Å². The lowest BCUT2D eigenvalue weighted by molar-refractivity contribution is -0.571. The van der Waals surface area contributed by atoms with E-state index in [9.17, 15) is 0 Å². The SMILES string of the molecule is CC(C)(C)c1ccc([Si]2(c3ccc(C(C)(C)C)cc3)c3cccnc3-n3c4cc(Oc5cccc(-n6[c-][n+](-c7c(-c8ccccc8)cccc7-c7ccccc7)c7ccccc76)c5)ccc4c4cccc2c43)cc1. The third kappa shape index (κ3) is 7.26. The summed E-state index contributed by atoms with van der Waals surface area (Å²) in [6.45, 7) is 13.8. The van der Waals surface area contributed by atoms with Gasteiger partial charge < -0.3 is 4.74 Å². The summed E-state index contributed by atoms with van der Waals surface area (Å²) in [5.41, 5.74) is 13.6. The number of imidazole rings is 1. The summed E-state index contributed by atoms with van der Waals surface area (Å²) < 4.78 is 13.7. The fraction of sp³-hybridized carbons (Fsp3) is 0.118. The van der Waals surface area contributed by atoms with Crippen LogP contribution in [0.15, 0.2) is 231 Å². The number of hydrogen-bond donors (Lipinski definition) is 0. The Kier molecular flexibility index (Phi) is 10.6.